The summed E-state index contributed by atoms with van der Waals surface area (Å²) >= 11 is 6.07. The summed E-state index contributed by atoms with van der Waals surface area (Å²) in [7, 11) is 1.85. The molecular formula is C21H18ClN9. The van der Waals surface area contributed by atoms with Gasteiger partial charge in [0.05, 0.1) is 18.1 Å². The summed E-state index contributed by atoms with van der Waals surface area (Å²) in [6.07, 6.45) is 6.68. The van der Waals surface area contributed by atoms with Gasteiger partial charge in [-0.3, -0.25) is 4.68 Å². The van der Waals surface area contributed by atoms with Crippen molar-refractivity contribution >= 4 is 29.0 Å². The molecule has 31 heavy (non-hydrogen) atoms. The molecule has 0 aliphatic heterocycles. The minimum absolute atomic E-state index is 0.477. The number of hydrogen-bond donors (Lipinski definition) is 1. The molecule has 0 aliphatic carbocycles. The number of nitrogens with zero attached hydrogens (tertiary/aromatic N) is 8. The second kappa shape index (κ2) is 8.11. The van der Waals surface area contributed by atoms with Gasteiger partial charge in [0.15, 0.2) is 11.5 Å². The number of anilines is 2. The molecule has 10 heteroatoms. The number of halogens is 1. The van der Waals surface area contributed by atoms with Gasteiger partial charge >= 0.3 is 0 Å². The highest BCUT2D eigenvalue weighted by Gasteiger charge is 2.11. The van der Waals surface area contributed by atoms with Crippen molar-refractivity contribution in [1.29, 1.82) is 0 Å². The molecule has 4 heterocycles. The van der Waals surface area contributed by atoms with E-state index < -0.39 is 0 Å². The van der Waals surface area contributed by atoms with Crippen molar-refractivity contribution in [3.8, 4) is 11.3 Å². The lowest BCUT2D eigenvalue weighted by Gasteiger charge is -2.07. The Balaban J connectivity index is 1.37. The molecule has 9 nitrogen and oxygen atoms in total. The first-order chi connectivity index (χ1) is 15.2. The zero-order chi connectivity index (χ0) is 21.2. The normalized spacial score (nSPS) is 11.2. The van der Waals surface area contributed by atoms with E-state index in [1.807, 2.05) is 49.5 Å². The van der Waals surface area contributed by atoms with Gasteiger partial charge in [0.1, 0.15) is 5.82 Å². The van der Waals surface area contributed by atoms with E-state index in [1.165, 1.54) is 0 Å². The van der Waals surface area contributed by atoms with E-state index in [2.05, 4.69) is 35.7 Å². The predicted molar refractivity (Wildman–Crippen MR) is 117 cm³/mol. The minimum Gasteiger partial charge on any atom is -0.309 e. The highest BCUT2D eigenvalue weighted by atomic mass is 35.5. The molecule has 154 valence electrons. The maximum atomic E-state index is 6.07. The van der Waals surface area contributed by atoms with Gasteiger partial charge in [-0.2, -0.15) is 14.7 Å². The largest absolute Gasteiger partial charge is 0.309 e. The van der Waals surface area contributed by atoms with E-state index in [1.54, 1.807) is 27.8 Å². The number of aryl methyl sites for hydroxylation is 3. The molecule has 0 bridgehead atoms. The monoisotopic (exact) mass is 431 g/mol. The highest BCUT2D eigenvalue weighted by Crippen LogP contribution is 2.20. The highest BCUT2D eigenvalue weighted by molar-refractivity contribution is 6.30. The van der Waals surface area contributed by atoms with Crippen molar-refractivity contribution in [3.05, 3.63) is 77.5 Å². The Morgan fingerprint density at radius 3 is 2.77 bits per heavy atom. The lowest BCUT2D eigenvalue weighted by molar-refractivity contribution is 0.775. The molecule has 0 atom stereocenters. The number of aromatic nitrogens is 8. The van der Waals surface area contributed by atoms with Crippen LogP contribution in [-0.4, -0.2) is 39.6 Å². The van der Waals surface area contributed by atoms with Gasteiger partial charge in [-0.05, 0) is 36.2 Å². The molecule has 0 saturated heterocycles. The van der Waals surface area contributed by atoms with Crippen LogP contribution in [0.4, 0.5) is 11.8 Å². The number of rotatable bonds is 6. The molecule has 1 N–H and O–H groups in total. The number of fused-ring (bicyclic) bond motifs is 1. The topological polar surface area (TPSA) is 98.7 Å². The third-order valence-electron chi connectivity index (χ3n) is 4.86. The van der Waals surface area contributed by atoms with Crippen LogP contribution in [-0.2, 0) is 19.9 Å². The van der Waals surface area contributed by atoms with E-state index in [4.69, 9.17) is 11.6 Å². The summed E-state index contributed by atoms with van der Waals surface area (Å²) in [5, 5.41) is 21.1. The zero-order valence-corrected chi connectivity index (χ0v) is 17.4. The zero-order valence-electron chi connectivity index (χ0n) is 16.6. The fourth-order valence-corrected chi connectivity index (χ4v) is 3.49. The third-order valence-corrected chi connectivity index (χ3v) is 5.10. The average molecular weight is 432 g/mol. The Labute approximate surface area is 182 Å². The van der Waals surface area contributed by atoms with E-state index in [-0.39, 0.29) is 0 Å². The van der Waals surface area contributed by atoms with Crippen LogP contribution in [0.5, 0.6) is 0 Å². The van der Waals surface area contributed by atoms with Gasteiger partial charge in [-0.15, -0.1) is 10.2 Å². The van der Waals surface area contributed by atoms with Gasteiger partial charge in [-0.1, -0.05) is 23.7 Å². The van der Waals surface area contributed by atoms with Crippen molar-refractivity contribution in [2.45, 2.75) is 12.8 Å². The fourth-order valence-electron chi connectivity index (χ4n) is 3.27. The number of benzene rings is 1. The molecule has 0 radical (unpaired) electrons. The Bertz CT molecular complexity index is 1360. The summed E-state index contributed by atoms with van der Waals surface area (Å²) in [5.41, 5.74) is 3.38. The van der Waals surface area contributed by atoms with Crippen molar-refractivity contribution in [2.24, 2.45) is 7.05 Å². The second-order valence-corrected chi connectivity index (χ2v) is 7.43. The van der Waals surface area contributed by atoms with Crippen LogP contribution >= 0.6 is 11.6 Å². The molecule has 1 aromatic carbocycles. The molecule has 0 spiro atoms. The summed E-state index contributed by atoms with van der Waals surface area (Å²) in [6.45, 7) is 0. The lowest BCUT2D eigenvalue weighted by Crippen LogP contribution is -2.03. The van der Waals surface area contributed by atoms with E-state index >= 15 is 0 Å². The Morgan fingerprint density at radius 2 is 1.94 bits per heavy atom. The first-order valence-corrected chi connectivity index (χ1v) is 10.1. The summed E-state index contributed by atoms with van der Waals surface area (Å²) in [6, 6.07) is 13.4. The first kappa shape index (κ1) is 19.1. The first-order valence-electron chi connectivity index (χ1n) is 9.69. The maximum Gasteiger partial charge on any atom is 0.228 e. The van der Waals surface area contributed by atoms with Gasteiger partial charge < -0.3 is 5.32 Å². The maximum absolute atomic E-state index is 6.07. The van der Waals surface area contributed by atoms with Gasteiger partial charge in [-0.25, -0.2) is 9.97 Å². The predicted octanol–water partition coefficient (Wildman–Crippen LogP) is 3.50. The summed E-state index contributed by atoms with van der Waals surface area (Å²) in [4.78, 5) is 8.86. The lowest BCUT2D eigenvalue weighted by atomic mass is 10.1. The minimum atomic E-state index is 0.477. The van der Waals surface area contributed by atoms with Crippen molar-refractivity contribution in [3.63, 3.8) is 0 Å². The van der Waals surface area contributed by atoms with Crippen molar-refractivity contribution in [2.75, 3.05) is 5.32 Å². The molecule has 0 amide bonds. The molecule has 5 rings (SSSR count). The summed E-state index contributed by atoms with van der Waals surface area (Å²) in [5.74, 6) is 2.07. The Hall–Kier alpha value is -3.85. The van der Waals surface area contributed by atoms with Crippen LogP contribution in [0.15, 0.2) is 61.1 Å². The van der Waals surface area contributed by atoms with Crippen LogP contribution in [0.1, 0.15) is 11.4 Å². The molecule has 0 saturated carbocycles. The number of hydrogen-bond acceptors (Lipinski definition) is 7. The standard InChI is InChI=1S/C21H18ClN9/c1-30-18(8-10-24-30)27-21-23-9-7-17(26-21)15-12-20-29-28-19(31(20)25-13-15)6-5-14-3-2-4-16(22)11-14/h2-4,7-13H,5-6H2,1H3,(H,23,26,27). The molecule has 4 aromatic heterocycles. The van der Waals surface area contributed by atoms with Crippen LogP contribution in [0.25, 0.3) is 16.9 Å². The molecule has 5 aromatic rings. The Morgan fingerprint density at radius 1 is 1.00 bits per heavy atom. The number of nitrogens with one attached hydrogen (secondary N) is 1. The third kappa shape index (κ3) is 4.08. The van der Waals surface area contributed by atoms with E-state index in [0.717, 1.165) is 39.9 Å². The second-order valence-electron chi connectivity index (χ2n) is 6.99. The van der Waals surface area contributed by atoms with Crippen molar-refractivity contribution < 1.29 is 0 Å². The average Bonchev–Trinajstić information content (AvgIpc) is 3.38. The van der Waals surface area contributed by atoms with Crippen LogP contribution in [0.3, 0.4) is 0 Å². The molecule has 0 unspecified atom stereocenters. The van der Waals surface area contributed by atoms with Gasteiger partial charge in [0.2, 0.25) is 5.95 Å². The quantitative estimate of drug-likeness (QED) is 0.439. The van der Waals surface area contributed by atoms with Gasteiger partial charge in [0, 0.05) is 36.3 Å². The van der Waals surface area contributed by atoms with E-state index in [9.17, 15) is 0 Å². The van der Waals surface area contributed by atoms with Crippen LogP contribution < -0.4 is 5.32 Å². The Kier molecular flexibility index (Phi) is 5.01. The van der Waals surface area contributed by atoms with Crippen molar-refractivity contribution in [1.82, 2.24) is 39.6 Å². The fraction of sp³-hybridized carbons (Fsp3) is 0.143. The smallest absolute Gasteiger partial charge is 0.228 e. The molecular weight excluding hydrogens is 414 g/mol. The summed E-state index contributed by atoms with van der Waals surface area (Å²) < 4.78 is 3.47. The van der Waals surface area contributed by atoms with Crippen LogP contribution in [0.2, 0.25) is 5.02 Å². The molecule has 0 aliphatic rings. The van der Waals surface area contributed by atoms with E-state index in [0.29, 0.717) is 18.0 Å². The van der Waals surface area contributed by atoms with Crippen LogP contribution in [0, 0.1) is 0 Å². The SMILES string of the molecule is Cn1nccc1Nc1nccc(-c2cnn3c(CCc4cccc(Cl)c4)nnc3c2)n1. The van der Waals surface area contributed by atoms with Gasteiger partial charge in [0.25, 0.3) is 0 Å². The molecule has 0 fully saturated rings.